The molecule has 0 aliphatic heterocycles. The first kappa shape index (κ1) is 21.6. The highest BCUT2D eigenvalue weighted by molar-refractivity contribution is 6.05. The summed E-state index contributed by atoms with van der Waals surface area (Å²) in [6.45, 7) is 1.98. The first-order chi connectivity index (χ1) is 14.9. The molecule has 0 aliphatic rings. The van der Waals surface area contributed by atoms with Gasteiger partial charge >= 0.3 is 0 Å². The van der Waals surface area contributed by atoms with Crippen LogP contribution >= 0.6 is 0 Å². The Morgan fingerprint density at radius 1 is 0.839 bits per heavy atom. The number of halogens is 1. The van der Waals surface area contributed by atoms with Crippen LogP contribution in [-0.4, -0.2) is 35.8 Å². The molecule has 1 heterocycles. The molecule has 0 bridgehead atoms. The number of rotatable bonds is 7. The number of benzene rings is 2. The fraction of sp³-hybridized carbons (Fsp3) is 0.130. The molecule has 8 heteroatoms. The van der Waals surface area contributed by atoms with Gasteiger partial charge in [-0.1, -0.05) is 12.1 Å². The van der Waals surface area contributed by atoms with Crippen molar-refractivity contribution in [1.82, 2.24) is 15.6 Å². The molecule has 0 spiro atoms. The number of hydrogen-bond acceptors (Lipinski definition) is 4. The second-order valence-electron chi connectivity index (χ2n) is 6.75. The quantitative estimate of drug-likeness (QED) is 0.512. The third-order valence-corrected chi connectivity index (χ3v) is 4.44. The summed E-state index contributed by atoms with van der Waals surface area (Å²) >= 11 is 0. The summed E-state index contributed by atoms with van der Waals surface area (Å²) in [4.78, 5) is 40.5. The molecule has 0 unspecified atom stereocenters. The first-order valence-electron chi connectivity index (χ1n) is 9.58. The van der Waals surface area contributed by atoms with E-state index in [4.69, 9.17) is 0 Å². The van der Waals surface area contributed by atoms with Gasteiger partial charge in [0.05, 0.1) is 5.56 Å². The topological polar surface area (TPSA) is 100 Å². The lowest BCUT2D eigenvalue weighted by Gasteiger charge is -2.09. The molecule has 0 saturated carbocycles. The van der Waals surface area contributed by atoms with E-state index in [1.807, 2.05) is 0 Å². The molecule has 0 atom stereocenters. The number of hydrogen-bond donors (Lipinski definition) is 3. The largest absolute Gasteiger partial charge is 0.350 e. The standard InChI is InChI=1S/C23H21FN4O3/c1-15-7-8-17(13-20(15)24)22(30)27-11-10-26-21(29)16-4-2-6-19(12-16)28-23(31)18-5-3-9-25-14-18/h2-9,12-14H,10-11H2,1H3,(H,26,29)(H,27,30)(H,28,31). The molecule has 1 aromatic heterocycles. The SMILES string of the molecule is Cc1ccc(C(=O)NCCNC(=O)c2cccc(NC(=O)c3cccnc3)c2)cc1F. The van der Waals surface area contributed by atoms with E-state index in [2.05, 4.69) is 20.9 Å². The molecule has 2 aromatic carbocycles. The lowest BCUT2D eigenvalue weighted by molar-refractivity contribution is 0.0927. The Hall–Kier alpha value is -4.07. The fourth-order valence-electron chi connectivity index (χ4n) is 2.73. The Labute approximate surface area is 178 Å². The van der Waals surface area contributed by atoms with Crippen molar-refractivity contribution in [1.29, 1.82) is 0 Å². The summed E-state index contributed by atoms with van der Waals surface area (Å²) in [6, 6.07) is 14.0. The highest BCUT2D eigenvalue weighted by Gasteiger charge is 2.10. The molecule has 0 fully saturated rings. The van der Waals surface area contributed by atoms with Gasteiger partial charge in [0.25, 0.3) is 17.7 Å². The minimum Gasteiger partial charge on any atom is -0.350 e. The van der Waals surface area contributed by atoms with Gasteiger partial charge in [-0.25, -0.2) is 4.39 Å². The molecular weight excluding hydrogens is 399 g/mol. The maximum atomic E-state index is 13.6. The Balaban J connectivity index is 1.49. The smallest absolute Gasteiger partial charge is 0.257 e. The van der Waals surface area contributed by atoms with Crippen molar-refractivity contribution in [3.05, 3.63) is 95.1 Å². The lowest BCUT2D eigenvalue weighted by atomic mass is 10.1. The van der Waals surface area contributed by atoms with Gasteiger partial charge in [-0.2, -0.15) is 0 Å². The van der Waals surface area contributed by atoms with Crippen LogP contribution in [0.4, 0.5) is 10.1 Å². The Bertz CT molecular complexity index is 1100. The molecule has 3 N–H and O–H groups in total. The summed E-state index contributed by atoms with van der Waals surface area (Å²) in [5.41, 5.74) is 1.91. The van der Waals surface area contributed by atoms with Crippen LogP contribution in [0.1, 0.15) is 36.6 Å². The summed E-state index contributed by atoms with van der Waals surface area (Å²) in [6.07, 6.45) is 3.02. The molecule has 158 valence electrons. The maximum Gasteiger partial charge on any atom is 0.257 e. The van der Waals surface area contributed by atoms with Gasteiger partial charge in [0.2, 0.25) is 0 Å². The number of anilines is 1. The number of nitrogens with zero attached hydrogens (tertiary/aromatic N) is 1. The fourth-order valence-corrected chi connectivity index (χ4v) is 2.73. The monoisotopic (exact) mass is 420 g/mol. The molecule has 0 radical (unpaired) electrons. The number of pyridine rings is 1. The first-order valence-corrected chi connectivity index (χ1v) is 9.58. The van der Waals surface area contributed by atoms with Crippen molar-refractivity contribution in [3.63, 3.8) is 0 Å². The summed E-state index contributed by atoms with van der Waals surface area (Å²) in [5, 5.41) is 8.03. The van der Waals surface area contributed by atoms with E-state index in [1.165, 1.54) is 24.4 Å². The van der Waals surface area contributed by atoms with Crippen LogP contribution in [0, 0.1) is 12.7 Å². The van der Waals surface area contributed by atoms with E-state index in [9.17, 15) is 18.8 Å². The maximum absolute atomic E-state index is 13.6. The van der Waals surface area contributed by atoms with E-state index in [1.54, 1.807) is 49.5 Å². The van der Waals surface area contributed by atoms with Crippen LogP contribution in [0.25, 0.3) is 0 Å². The molecule has 3 rings (SSSR count). The summed E-state index contributed by atoms with van der Waals surface area (Å²) in [5.74, 6) is -1.56. The van der Waals surface area contributed by atoms with Gasteiger partial charge in [-0.3, -0.25) is 19.4 Å². The molecule has 0 saturated heterocycles. The Kier molecular flexibility index (Phi) is 7.05. The highest BCUT2D eigenvalue weighted by atomic mass is 19.1. The Morgan fingerprint density at radius 3 is 2.16 bits per heavy atom. The molecule has 31 heavy (non-hydrogen) atoms. The van der Waals surface area contributed by atoms with Crippen molar-refractivity contribution in [2.75, 3.05) is 18.4 Å². The van der Waals surface area contributed by atoms with E-state index in [0.717, 1.165) is 0 Å². The molecule has 0 aliphatic carbocycles. The molecular formula is C23H21FN4O3. The predicted octanol–water partition coefficient (Wildman–Crippen LogP) is 2.94. The van der Waals surface area contributed by atoms with Crippen LogP contribution in [-0.2, 0) is 0 Å². The highest BCUT2D eigenvalue weighted by Crippen LogP contribution is 2.12. The normalized spacial score (nSPS) is 10.3. The van der Waals surface area contributed by atoms with Crippen LogP contribution in [0.5, 0.6) is 0 Å². The number of aryl methyl sites for hydroxylation is 1. The number of aromatic nitrogens is 1. The second kappa shape index (κ2) is 10.1. The molecule has 3 amide bonds. The van der Waals surface area contributed by atoms with E-state index < -0.39 is 11.7 Å². The number of carbonyl (C=O) groups excluding carboxylic acids is 3. The van der Waals surface area contributed by atoms with Gasteiger partial charge in [0, 0.05) is 42.3 Å². The van der Waals surface area contributed by atoms with Crippen molar-refractivity contribution in [2.45, 2.75) is 6.92 Å². The van der Waals surface area contributed by atoms with Gasteiger partial charge in [0.1, 0.15) is 5.82 Å². The van der Waals surface area contributed by atoms with Crippen LogP contribution in [0.15, 0.2) is 67.0 Å². The van der Waals surface area contributed by atoms with Gasteiger partial charge in [-0.15, -0.1) is 0 Å². The minimum atomic E-state index is -0.448. The molecule has 3 aromatic rings. The predicted molar refractivity (Wildman–Crippen MR) is 114 cm³/mol. The number of amides is 3. The van der Waals surface area contributed by atoms with E-state index in [-0.39, 0.29) is 30.5 Å². The third-order valence-electron chi connectivity index (χ3n) is 4.44. The zero-order valence-corrected chi connectivity index (χ0v) is 16.8. The van der Waals surface area contributed by atoms with E-state index >= 15 is 0 Å². The van der Waals surface area contributed by atoms with E-state index in [0.29, 0.717) is 22.4 Å². The van der Waals surface area contributed by atoms with Gasteiger partial charge < -0.3 is 16.0 Å². The van der Waals surface area contributed by atoms with Gasteiger partial charge in [0.15, 0.2) is 0 Å². The van der Waals surface area contributed by atoms with Crippen molar-refractivity contribution >= 4 is 23.4 Å². The zero-order chi connectivity index (χ0) is 22.2. The number of carbonyl (C=O) groups is 3. The lowest BCUT2D eigenvalue weighted by Crippen LogP contribution is -2.34. The third kappa shape index (κ3) is 5.96. The van der Waals surface area contributed by atoms with Crippen molar-refractivity contribution < 1.29 is 18.8 Å². The summed E-state index contributed by atoms with van der Waals surface area (Å²) in [7, 11) is 0. The van der Waals surface area contributed by atoms with Crippen LogP contribution < -0.4 is 16.0 Å². The zero-order valence-electron chi connectivity index (χ0n) is 16.8. The Morgan fingerprint density at radius 2 is 1.52 bits per heavy atom. The van der Waals surface area contributed by atoms with Crippen molar-refractivity contribution in [2.24, 2.45) is 0 Å². The van der Waals surface area contributed by atoms with Crippen LogP contribution in [0.3, 0.4) is 0 Å². The van der Waals surface area contributed by atoms with Crippen LogP contribution in [0.2, 0.25) is 0 Å². The second-order valence-corrected chi connectivity index (χ2v) is 6.75. The summed E-state index contributed by atoms with van der Waals surface area (Å²) < 4.78 is 13.6. The van der Waals surface area contributed by atoms with Crippen molar-refractivity contribution in [3.8, 4) is 0 Å². The molecule has 7 nitrogen and oxygen atoms in total. The van der Waals surface area contributed by atoms with Gasteiger partial charge in [-0.05, 0) is 55.0 Å². The number of nitrogens with one attached hydrogen (secondary N) is 3. The average molecular weight is 420 g/mol. The minimum absolute atomic E-state index is 0.178. The average Bonchev–Trinajstić information content (AvgIpc) is 2.79.